The lowest BCUT2D eigenvalue weighted by atomic mass is 10.2. The molecule has 0 radical (unpaired) electrons. The van der Waals surface area contributed by atoms with E-state index in [1.807, 2.05) is 36.2 Å². The molecule has 5 rings (SSSR count). The van der Waals surface area contributed by atoms with E-state index in [1.54, 1.807) is 22.2 Å². The maximum Gasteiger partial charge on any atom is 0.180 e. The smallest absolute Gasteiger partial charge is 0.180 e. The van der Waals surface area contributed by atoms with Crippen LogP contribution in [0.4, 0.5) is 11.5 Å². The van der Waals surface area contributed by atoms with Crippen molar-refractivity contribution in [2.24, 2.45) is 7.05 Å². The number of imidazole rings is 1. The van der Waals surface area contributed by atoms with Gasteiger partial charge in [-0.3, -0.25) is 9.08 Å². The first-order valence-corrected chi connectivity index (χ1v) is 8.71. The highest BCUT2D eigenvalue weighted by Crippen LogP contribution is 2.28. The lowest BCUT2D eigenvalue weighted by Gasteiger charge is -2.07. The summed E-state index contributed by atoms with van der Waals surface area (Å²) in [4.78, 5) is 9.03. The van der Waals surface area contributed by atoms with Crippen molar-refractivity contribution in [1.29, 1.82) is 0 Å². The van der Waals surface area contributed by atoms with E-state index in [0.717, 1.165) is 28.4 Å². The third kappa shape index (κ3) is 2.36. The summed E-state index contributed by atoms with van der Waals surface area (Å²) in [7, 11) is 1.90. The summed E-state index contributed by atoms with van der Waals surface area (Å²) in [6, 6.07) is 8.43. The molecule has 0 bridgehead atoms. The summed E-state index contributed by atoms with van der Waals surface area (Å²) >= 11 is 1.74. The Labute approximate surface area is 147 Å². The van der Waals surface area contributed by atoms with Gasteiger partial charge in [-0.1, -0.05) is 0 Å². The van der Waals surface area contributed by atoms with E-state index < -0.39 is 0 Å². The van der Waals surface area contributed by atoms with Crippen molar-refractivity contribution in [3.63, 3.8) is 0 Å². The number of thiophene rings is 1. The SMILES string of the molecule is Cn1cc(-c2cnc3c(Nc4ccc5sccc5c4)nccn23)cn1. The van der Waals surface area contributed by atoms with E-state index in [1.165, 1.54) is 10.1 Å². The minimum Gasteiger partial charge on any atom is -0.337 e. The fraction of sp³-hybridized carbons (Fsp3) is 0.0556. The molecule has 1 aromatic carbocycles. The highest BCUT2D eigenvalue weighted by atomic mass is 32.1. The van der Waals surface area contributed by atoms with Gasteiger partial charge in [0.15, 0.2) is 11.5 Å². The molecule has 0 atom stereocenters. The van der Waals surface area contributed by atoms with E-state index in [0.29, 0.717) is 0 Å². The lowest BCUT2D eigenvalue weighted by molar-refractivity contribution is 0.768. The van der Waals surface area contributed by atoms with Gasteiger partial charge in [-0.25, -0.2) is 9.97 Å². The van der Waals surface area contributed by atoms with Crippen molar-refractivity contribution in [2.45, 2.75) is 0 Å². The van der Waals surface area contributed by atoms with Crippen LogP contribution >= 0.6 is 11.3 Å². The maximum absolute atomic E-state index is 4.56. The largest absolute Gasteiger partial charge is 0.337 e. The number of hydrogen-bond donors (Lipinski definition) is 1. The summed E-state index contributed by atoms with van der Waals surface area (Å²) in [6.07, 6.45) is 9.35. The van der Waals surface area contributed by atoms with Crippen molar-refractivity contribution >= 4 is 38.6 Å². The molecule has 0 aliphatic heterocycles. The van der Waals surface area contributed by atoms with Crippen molar-refractivity contribution in [3.05, 3.63) is 60.6 Å². The molecule has 7 heteroatoms. The van der Waals surface area contributed by atoms with Gasteiger partial charge in [-0.05, 0) is 35.0 Å². The van der Waals surface area contributed by atoms with Gasteiger partial charge >= 0.3 is 0 Å². The number of aryl methyl sites for hydroxylation is 1. The predicted octanol–water partition coefficient (Wildman–Crippen LogP) is 4.09. The zero-order valence-electron chi connectivity index (χ0n) is 13.4. The van der Waals surface area contributed by atoms with Crippen LogP contribution in [0.5, 0.6) is 0 Å². The Bertz CT molecular complexity index is 1200. The van der Waals surface area contributed by atoms with Gasteiger partial charge in [-0.2, -0.15) is 5.10 Å². The fourth-order valence-electron chi connectivity index (χ4n) is 2.96. The van der Waals surface area contributed by atoms with Crippen LogP contribution in [0.2, 0.25) is 0 Å². The highest BCUT2D eigenvalue weighted by molar-refractivity contribution is 7.17. The van der Waals surface area contributed by atoms with Crippen LogP contribution in [0, 0.1) is 0 Å². The third-order valence-corrected chi connectivity index (χ3v) is 5.04. The van der Waals surface area contributed by atoms with Crippen molar-refractivity contribution in [3.8, 4) is 11.3 Å². The van der Waals surface area contributed by atoms with Gasteiger partial charge < -0.3 is 5.32 Å². The Morgan fingerprint density at radius 1 is 1.12 bits per heavy atom. The van der Waals surface area contributed by atoms with Crippen LogP contribution in [0.3, 0.4) is 0 Å². The molecule has 0 fully saturated rings. The molecule has 122 valence electrons. The van der Waals surface area contributed by atoms with Crippen molar-refractivity contribution in [1.82, 2.24) is 24.1 Å². The second-order valence-electron chi connectivity index (χ2n) is 5.81. The van der Waals surface area contributed by atoms with E-state index in [-0.39, 0.29) is 0 Å². The molecule has 0 saturated heterocycles. The summed E-state index contributed by atoms with van der Waals surface area (Å²) in [6.45, 7) is 0. The molecule has 0 unspecified atom stereocenters. The number of rotatable bonds is 3. The molecule has 4 heterocycles. The molecule has 5 aromatic rings. The number of nitrogens with one attached hydrogen (secondary N) is 1. The highest BCUT2D eigenvalue weighted by Gasteiger charge is 2.12. The molecule has 1 N–H and O–H groups in total. The summed E-state index contributed by atoms with van der Waals surface area (Å²) in [5.74, 6) is 0.729. The van der Waals surface area contributed by atoms with Crippen LogP contribution in [0.15, 0.2) is 60.6 Å². The average Bonchev–Trinajstić information content (AvgIpc) is 3.33. The number of aromatic nitrogens is 5. The molecular weight excluding hydrogens is 332 g/mol. The first-order valence-electron chi connectivity index (χ1n) is 7.83. The van der Waals surface area contributed by atoms with E-state index >= 15 is 0 Å². The van der Waals surface area contributed by atoms with Gasteiger partial charge in [0.05, 0.1) is 18.1 Å². The second kappa shape index (κ2) is 5.42. The number of anilines is 2. The number of fused-ring (bicyclic) bond motifs is 2. The van der Waals surface area contributed by atoms with Crippen LogP contribution in [-0.2, 0) is 7.05 Å². The van der Waals surface area contributed by atoms with E-state index in [2.05, 4.69) is 50.0 Å². The summed E-state index contributed by atoms with van der Waals surface area (Å²) < 4.78 is 5.08. The molecule has 0 saturated carbocycles. The Balaban J connectivity index is 1.58. The Morgan fingerprint density at radius 3 is 2.96 bits per heavy atom. The zero-order chi connectivity index (χ0) is 16.8. The van der Waals surface area contributed by atoms with Crippen molar-refractivity contribution < 1.29 is 0 Å². The van der Waals surface area contributed by atoms with Gasteiger partial charge in [0.1, 0.15) is 0 Å². The van der Waals surface area contributed by atoms with Crippen LogP contribution in [0.25, 0.3) is 27.0 Å². The molecule has 0 amide bonds. The lowest BCUT2D eigenvalue weighted by Crippen LogP contribution is -1.98. The molecule has 6 nitrogen and oxygen atoms in total. The minimum absolute atomic E-state index is 0.729. The third-order valence-electron chi connectivity index (χ3n) is 4.14. The molecule has 0 aliphatic rings. The quantitative estimate of drug-likeness (QED) is 0.534. The molecule has 0 spiro atoms. The van der Waals surface area contributed by atoms with Gasteiger partial charge in [0.25, 0.3) is 0 Å². The molecule has 25 heavy (non-hydrogen) atoms. The second-order valence-corrected chi connectivity index (χ2v) is 6.76. The topological polar surface area (TPSA) is 60.0 Å². The predicted molar refractivity (Wildman–Crippen MR) is 100 cm³/mol. The molecule has 0 aliphatic carbocycles. The van der Waals surface area contributed by atoms with Crippen LogP contribution < -0.4 is 5.32 Å². The fourth-order valence-corrected chi connectivity index (χ4v) is 3.73. The first-order chi connectivity index (χ1) is 12.3. The maximum atomic E-state index is 4.56. The van der Waals surface area contributed by atoms with Gasteiger partial charge in [0.2, 0.25) is 0 Å². The van der Waals surface area contributed by atoms with Gasteiger partial charge in [-0.15, -0.1) is 11.3 Å². The monoisotopic (exact) mass is 346 g/mol. The van der Waals surface area contributed by atoms with Crippen LogP contribution in [0.1, 0.15) is 0 Å². The number of hydrogen-bond acceptors (Lipinski definition) is 5. The Morgan fingerprint density at radius 2 is 2.08 bits per heavy atom. The summed E-state index contributed by atoms with van der Waals surface area (Å²) in [5, 5.41) is 10.9. The molecular formula is C18H14N6S. The molecule has 4 aromatic heterocycles. The zero-order valence-corrected chi connectivity index (χ0v) is 14.2. The number of benzene rings is 1. The Kier molecular flexibility index (Phi) is 3.07. The summed E-state index contributed by atoms with van der Waals surface area (Å²) in [5.41, 5.74) is 3.79. The van der Waals surface area contributed by atoms with E-state index in [4.69, 9.17) is 0 Å². The van der Waals surface area contributed by atoms with E-state index in [9.17, 15) is 0 Å². The Hall–Kier alpha value is -3.19. The average molecular weight is 346 g/mol. The first kappa shape index (κ1) is 14.2. The normalized spacial score (nSPS) is 11.4. The van der Waals surface area contributed by atoms with Gasteiger partial charge in [0, 0.05) is 41.6 Å². The van der Waals surface area contributed by atoms with Crippen molar-refractivity contribution in [2.75, 3.05) is 5.32 Å². The standard InChI is InChI=1S/C18H14N6S/c1-23-11-13(9-21-23)15-10-20-18-17(19-5-6-24(15)18)22-14-2-3-16-12(8-14)4-7-25-16/h2-11H,1H3,(H,19,22). The van der Waals surface area contributed by atoms with Crippen LogP contribution in [-0.4, -0.2) is 24.1 Å². The minimum atomic E-state index is 0.729. The number of nitrogens with zero attached hydrogens (tertiary/aromatic N) is 5.